The van der Waals surface area contributed by atoms with Gasteiger partial charge in [0.15, 0.2) is 5.82 Å². The highest BCUT2D eigenvalue weighted by molar-refractivity contribution is 7.11. The second kappa shape index (κ2) is 7.48. The summed E-state index contributed by atoms with van der Waals surface area (Å²) in [6.07, 6.45) is 4.26. The van der Waals surface area contributed by atoms with Crippen LogP contribution < -0.4 is 0 Å². The van der Waals surface area contributed by atoms with Gasteiger partial charge in [-0.05, 0) is 13.0 Å². The number of hydrogen-bond donors (Lipinski definition) is 0. The molecule has 1 spiro atoms. The Labute approximate surface area is 192 Å². The zero-order chi connectivity index (χ0) is 22.6. The van der Waals surface area contributed by atoms with Crippen LogP contribution in [0.25, 0.3) is 10.9 Å². The lowest BCUT2D eigenvalue weighted by Crippen LogP contribution is -2.59. The van der Waals surface area contributed by atoms with Crippen molar-refractivity contribution in [2.24, 2.45) is 5.41 Å². The van der Waals surface area contributed by atoms with Crippen LogP contribution in [0.1, 0.15) is 40.3 Å². The van der Waals surface area contributed by atoms with Gasteiger partial charge in [-0.1, -0.05) is 23.4 Å². The van der Waals surface area contributed by atoms with Gasteiger partial charge in [-0.2, -0.15) is 10.1 Å². The summed E-state index contributed by atoms with van der Waals surface area (Å²) in [6, 6.07) is 7.72. The summed E-state index contributed by atoms with van der Waals surface area (Å²) in [5.41, 5.74) is 2.37. The Morgan fingerprint density at radius 1 is 1.27 bits per heavy atom. The van der Waals surface area contributed by atoms with E-state index in [2.05, 4.69) is 15.2 Å². The fraction of sp³-hybridized carbons (Fsp3) is 0.364. The Kier molecular flexibility index (Phi) is 4.54. The van der Waals surface area contributed by atoms with Crippen LogP contribution in [0.4, 0.5) is 0 Å². The van der Waals surface area contributed by atoms with E-state index < -0.39 is 0 Å². The van der Waals surface area contributed by atoms with E-state index in [0.717, 1.165) is 17.3 Å². The number of benzene rings is 1. The average Bonchev–Trinajstić information content (AvgIpc) is 3.60. The number of hydrogen-bond acceptors (Lipinski definition) is 8. The molecule has 0 radical (unpaired) electrons. The molecule has 2 fully saturated rings. The van der Waals surface area contributed by atoms with E-state index in [1.807, 2.05) is 47.0 Å². The fourth-order valence-electron chi connectivity index (χ4n) is 5.08. The van der Waals surface area contributed by atoms with Crippen molar-refractivity contribution in [3.63, 3.8) is 0 Å². The number of fused-ring (bicyclic) bond motifs is 1. The van der Waals surface area contributed by atoms with E-state index in [9.17, 15) is 9.59 Å². The molecule has 2 atom stereocenters. The maximum atomic E-state index is 13.0. The standard InChI is InChI=1S/C22H21N7O3S/c1-14(29-17-5-3-2-4-15(17)6-24-29)20-25-19(26-32-20)16-8-28(21(31)18-7-23-12-33-18)11-22(16)9-27(10-22)13-30/h2-7,12-14,16H,8-11H2,1H3. The Balaban J connectivity index is 1.29. The number of nitrogens with zero attached hydrogens (tertiary/aromatic N) is 7. The van der Waals surface area contributed by atoms with Gasteiger partial charge in [0.1, 0.15) is 10.9 Å². The molecule has 0 bridgehead atoms. The molecule has 2 saturated heterocycles. The molecule has 2 amide bonds. The van der Waals surface area contributed by atoms with Crippen molar-refractivity contribution in [1.29, 1.82) is 0 Å². The molecule has 168 valence electrons. The second-order valence-electron chi connectivity index (χ2n) is 8.79. The molecule has 2 unspecified atom stereocenters. The van der Waals surface area contributed by atoms with Gasteiger partial charge in [-0.3, -0.25) is 19.3 Å². The van der Waals surface area contributed by atoms with Gasteiger partial charge < -0.3 is 14.3 Å². The van der Waals surface area contributed by atoms with Gasteiger partial charge in [0, 0.05) is 37.0 Å². The number of carbonyl (C=O) groups excluding carboxylic acids is 2. The summed E-state index contributed by atoms with van der Waals surface area (Å²) in [4.78, 5) is 37.2. The lowest BCUT2D eigenvalue weighted by molar-refractivity contribution is -0.129. The molecule has 6 rings (SSSR count). The van der Waals surface area contributed by atoms with Crippen LogP contribution in [0.2, 0.25) is 0 Å². The van der Waals surface area contributed by atoms with Crippen molar-refractivity contribution in [2.75, 3.05) is 26.2 Å². The Morgan fingerprint density at radius 3 is 2.91 bits per heavy atom. The molecule has 2 aliphatic rings. The molecule has 1 aromatic carbocycles. The highest BCUT2D eigenvalue weighted by Gasteiger charge is 2.57. The van der Waals surface area contributed by atoms with E-state index in [0.29, 0.717) is 42.8 Å². The molecular weight excluding hydrogens is 442 g/mol. The molecule has 11 heteroatoms. The predicted molar refractivity (Wildman–Crippen MR) is 119 cm³/mol. The number of likely N-dealkylation sites (tertiary alicyclic amines) is 2. The van der Waals surface area contributed by atoms with Gasteiger partial charge in [0.05, 0.1) is 29.3 Å². The zero-order valence-electron chi connectivity index (χ0n) is 17.9. The van der Waals surface area contributed by atoms with E-state index in [4.69, 9.17) is 9.51 Å². The first kappa shape index (κ1) is 20.0. The van der Waals surface area contributed by atoms with Crippen molar-refractivity contribution in [3.8, 4) is 0 Å². The largest absolute Gasteiger partial charge is 0.344 e. The fourth-order valence-corrected chi connectivity index (χ4v) is 5.66. The van der Waals surface area contributed by atoms with Crippen LogP contribution >= 0.6 is 11.3 Å². The maximum absolute atomic E-state index is 13.0. The van der Waals surface area contributed by atoms with Crippen LogP contribution in [0.3, 0.4) is 0 Å². The van der Waals surface area contributed by atoms with Gasteiger partial charge in [-0.25, -0.2) is 0 Å². The van der Waals surface area contributed by atoms with E-state index in [1.165, 1.54) is 11.3 Å². The number of para-hydroxylation sites is 1. The molecular formula is C22H21N7O3S. The summed E-state index contributed by atoms with van der Waals surface area (Å²) in [5, 5.41) is 9.86. The van der Waals surface area contributed by atoms with Crippen LogP contribution in [-0.2, 0) is 4.79 Å². The summed E-state index contributed by atoms with van der Waals surface area (Å²) in [5.74, 6) is 0.861. The van der Waals surface area contributed by atoms with Gasteiger partial charge in [-0.15, -0.1) is 11.3 Å². The third-order valence-corrected chi connectivity index (χ3v) is 7.52. The third kappa shape index (κ3) is 3.14. The molecule has 33 heavy (non-hydrogen) atoms. The van der Waals surface area contributed by atoms with Gasteiger partial charge in [0.25, 0.3) is 11.8 Å². The average molecular weight is 464 g/mol. The van der Waals surface area contributed by atoms with Crippen LogP contribution in [0.5, 0.6) is 0 Å². The summed E-state index contributed by atoms with van der Waals surface area (Å²) >= 11 is 1.32. The van der Waals surface area contributed by atoms with Crippen LogP contribution in [-0.4, -0.2) is 73.2 Å². The minimum Gasteiger partial charge on any atom is -0.344 e. The quantitative estimate of drug-likeness (QED) is 0.417. The highest BCUT2D eigenvalue weighted by atomic mass is 32.1. The van der Waals surface area contributed by atoms with Crippen molar-refractivity contribution in [1.82, 2.24) is 34.7 Å². The minimum absolute atomic E-state index is 0.0518. The number of rotatable bonds is 5. The van der Waals surface area contributed by atoms with E-state index in [-0.39, 0.29) is 23.3 Å². The molecule has 3 aromatic heterocycles. The Morgan fingerprint density at radius 2 is 2.12 bits per heavy atom. The monoisotopic (exact) mass is 463 g/mol. The molecule has 0 aliphatic carbocycles. The van der Waals surface area contributed by atoms with Crippen LogP contribution in [0, 0.1) is 5.41 Å². The minimum atomic E-state index is -0.274. The predicted octanol–water partition coefficient (Wildman–Crippen LogP) is 2.18. The topological polar surface area (TPSA) is 110 Å². The smallest absolute Gasteiger partial charge is 0.265 e. The van der Waals surface area contributed by atoms with E-state index >= 15 is 0 Å². The third-order valence-electron chi connectivity index (χ3n) is 6.76. The summed E-state index contributed by atoms with van der Waals surface area (Å²) in [6.45, 7) is 4.12. The second-order valence-corrected chi connectivity index (χ2v) is 9.68. The molecule has 0 N–H and O–H groups in total. The zero-order valence-corrected chi connectivity index (χ0v) is 18.7. The lowest BCUT2D eigenvalue weighted by atomic mass is 9.71. The highest BCUT2D eigenvalue weighted by Crippen LogP contribution is 2.48. The first-order valence-electron chi connectivity index (χ1n) is 10.7. The van der Waals surface area contributed by atoms with Crippen molar-refractivity contribution >= 4 is 34.6 Å². The molecule has 2 aliphatic heterocycles. The lowest BCUT2D eigenvalue weighted by Gasteiger charge is -2.48. The SMILES string of the molecule is CC(c1nc(C2CN(C(=O)c3cncs3)CC23CN(C=O)C3)no1)n1ncc2ccccc21. The maximum Gasteiger partial charge on any atom is 0.265 e. The molecule has 5 heterocycles. The Hall–Kier alpha value is -3.60. The van der Waals surface area contributed by atoms with Gasteiger partial charge >= 0.3 is 0 Å². The van der Waals surface area contributed by atoms with Crippen LogP contribution in [0.15, 0.2) is 46.7 Å². The number of thiazole rings is 1. The van der Waals surface area contributed by atoms with E-state index in [1.54, 1.807) is 16.6 Å². The summed E-state index contributed by atoms with van der Waals surface area (Å²) in [7, 11) is 0. The number of aromatic nitrogens is 5. The molecule has 0 saturated carbocycles. The number of amides is 2. The van der Waals surface area contributed by atoms with Crippen molar-refractivity contribution < 1.29 is 14.1 Å². The number of carbonyl (C=O) groups is 2. The van der Waals surface area contributed by atoms with Gasteiger partial charge in [0.2, 0.25) is 6.41 Å². The van der Waals surface area contributed by atoms with Crippen molar-refractivity contribution in [2.45, 2.75) is 18.9 Å². The first-order valence-corrected chi connectivity index (χ1v) is 11.6. The molecule has 10 nitrogen and oxygen atoms in total. The normalized spacial score (nSPS) is 20.3. The first-order chi connectivity index (χ1) is 16.1. The molecule has 4 aromatic rings. The Bertz CT molecular complexity index is 1320. The van der Waals surface area contributed by atoms with Crippen molar-refractivity contribution in [3.05, 3.63) is 58.8 Å². The summed E-state index contributed by atoms with van der Waals surface area (Å²) < 4.78 is 7.55.